The van der Waals surface area contributed by atoms with Gasteiger partial charge in [-0.05, 0) is 48.7 Å². The first kappa shape index (κ1) is 27.7. The van der Waals surface area contributed by atoms with Gasteiger partial charge in [-0.1, -0.05) is 60.7 Å². The second kappa shape index (κ2) is 12.5. The number of carbonyl (C=O) groups excluding carboxylic acids is 3. The van der Waals surface area contributed by atoms with Gasteiger partial charge in [0.1, 0.15) is 18.0 Å². The van der Waals surface area contributed by atoms with Gasteiger partial charge in [0.25, 0.3) is 0 Å². The summed E-state index contributed by atoms with van der Waals surface area (Å²) in [4.78, 5) is 41.4. The molecule has 4 aromatic rings. The lowest BCUT2D eigenvalue weighted by Crippen LogP contribution is -2.58. The molecule has 0 aliphatic heterocycles. The second-order valence-corrected chi connectivity index (χ2v) is 9.82. The van der Waals surface area contributed by atoms with Crippen molar-refractivity contribution in [1.82, 2.24) is 15.6 Å². The molecule has 4 rings (SSSR count). The topological polar surface area (TPSA) is 112 Å². The van der Waals surface area contributed by atoms with Crippen LogP contribution in [0.15, 0.2) is 85.1 Å². The molecule has 1 aromatic heterocycles. The first-order chi connectivity index (χ1) is 18.8. The largest absolute Gasteiger partial charge is 0.445 e. The van der Waals surface area contributed by atoms with Gasteiger partial charge in [0.05, 0.1) is 6.04 Å². The molecule has 0 spiro atoms. The van der Waals surface area contributed by atoms with Gasteiger partial charge in [0.15, 0.2) is 0 Å². The number of fused-ring (bicyclic) bond motifs is 1. The van der Waals surface area contributed by atoms with Crippen molar-refractivity contribution in [3.8, 4) is 0 Å². The molecule has 1 heterocycles. The summed E-state index contributed by atoms with van der Waals surface area (Å²) < 4.78 is 5.48. The summed E-state index contributed by atoms with van der Waals surface area (Å²) in [7, 11) is 0. The van der Waals surface area contributed by atoms with Crippen molar-refractivity contribution in [3.05, 3.63) is 102 Å². The zero-order valence-electron chi connectivity index (χ0n) is 21.8. The smallest absolute Gasteiger partial charge is 0.408 e. The Balaban J connectivity index is 1.50. The molecule has 0 saturated carbocycles. The van der Waals surface area contributed by atoms with Crippen LogP contribution in [0.1, 0.15) is 36.6 Å². The van der Waals surface area contributed by atoms with E-state index < -0.39 is 11.6 Å². The number of rotatable bonds is 10. The summed E-state index contributed by atoms with van der Waals surface area (Å²) in [5.74, 6) is -0.841. The number of para-hydroxylation sites is 1. The number of H-pyrrole nitrogens is 1. The van der Waals surface area contributed by atoms with Gasteiger partial charge in [-0.25, -0.2) is 4.79 Å². The number of aromatic nitrogens is 1. The number of carbonyl (C=O) groups is 3. The number of ether oxygens (including phenoxy) is 1. The molecule has 8 nitrogen and oxygen atoms in total. The monoisotopic (exact) mass is 546 g/mol. The van der Waals surface area contributed by atoms with E-state index >= 15 is 0 Å². The van der Waals surface area contributed by atoms with Crippen LogP contribution in [0.3, 0.4) is 0 Å². The zero-order chi connectivity index (χ0) is 27.8. The van der Waals surface area contributed by atoms with Crippen LogP contribution in [-0.2, 0) is 27.4 Å². The van der Waals surface area contributed by atoms with Crippen molar-refractivity contribution in [2.75, 3.05) is 11.2 Å². The first-order valence-electron chi connectivity index (χ1n) is 12.6. The van der Waals surface area contributed by atoms with Crippen molar-refractivity contribution >= 4 is 46.1 Å². The van der Waals surface area contributed by atoms with E-state index in [4.69, 9.17) is 16.3 Å². The lowest BCUT2D eigenvalue weighted by Gasteiger charge is -2.31. The Morgan fingerprint density at radius 3 is 2.51 bits per heavy atom. The minimum Gasteiger partial charge on any atom is -0.445 e. The molecule has 202 valence electrons. The number of anilines is 1. The Labute approximate surface area is 232 Å². The Kier molecular flexibility index (Phi) is 8.88. The summed E-state index contributed by atoms with van der Waals surface area (Å²) >= 11 is 5.56. The van der Waals surface area contributed by atoms with E-state index in [0.717, 1.165) is 22.0 Å². The molecule has 0 radical (unpaired) electrons. The van der Waals surface area contributed by atoms with E-state index in [1.165, 1.54) is 0 Å². The molecular formula is C30H31ClN4O4. The van der Waals surface area contributed by atoms with E-state index in [1.807, 2.05) is 67.7 Å². The standard InChI is InChI=1S/C30H31ClN4O4/c1-20(22-10-4-3-5-11-22)33-28(37)30(2,16-23-18-32-26-14-7-6-13-25(23)26)35-29(38)39-19-21-9-8-12-24(15-21)34-27(36)17-31/h3-15,18,20,32H,16-17,19H2,1-2H3,(H,33,37)(H,34,36)(H,35,38)/t20-,30+/m0/s1. The predicted molar refractivity (Wildman–Crippen MR) is 153 cm³/mol. The van der Waals surface area contributed by atoms with Crippen LogP contribution in [0, 0.1) is 0 Å². The van der Waals surface area contributed by atoms with Gasteiger partial charge >= 0.3 is 6.09 Å². The van der Waals surface area contributed by atoms with E-state index in [2.05, 4.69) is 20.9 Å². The minimum atomic E-state index is -1.32. The highest BCUT2D eigenvalue weighted by Gasteiger charge is 2.37. The number of halogens is 1. The van der Waals surface area contributed by atoms with Crippen LogP contribution in [0.25, 0.3) is 10.9 Å². The van der Waals surface area contributed by atoms with Gasteiger partial charge in [0.2, 0.25) is 11.8 Å². The number of amides is 3. The third kappa shape index (κ3) is 7.18. The van der Waals surface area contributed by atoms with E-state index in [-0.39, 0.29) is 36.8 Å². The number of nitrogens with one attached hydrogen (secondary N) is 4. The molecule has 0 unspecified atom stereocenters. The van der Waals surface area contributed by atoms with E-state index in [9.17, 15) is 14.4 Å². The number of alkyl carbamates (subject to hydrolysis) is 1. The third-order valence-electron chi connectivity index (χ3n) is 6.45. The van der Waals surface area contributed by atoms with Crippen LogP contribution in [0.5, 0.6) is 0 Å². The lowest BCUT2D eigenvalue weighted by atomic mass is 9.91. The molecule has 0 saturated heterocycles. The molecule has 4 N–H and O–H groups in total. The highest BCUT2D eigenvalue weighted by Crippen LogP contribution is 2.24. The molecule has 3 aromatic carbocycles. The molecular weight excluding hydrogens is 516 g/mol. The fraction of sp³-hybridized carbons (Fsp3) is 0.233. The van der Waals surface area contributed by atoms with Crippen LogP contribution in [0.4, 0.5) is 10.5 Å². The summed E-state index contributed by atoms with van der Waals surface area (Å²) in [6, 6.07) is 24.0. The average Bonchev–Trinajstić information content (AvgIpc) is 3.34. The molecule has 39 heavy (non-hydrogen) atoms. The molecule has 2 atom stereocenters. The Hall–Kier alpha value is -4.30. The number of hydrogen-bond acceptors (Lipinski definition) is 4. The van der Waals surface area contributed by atoms with Gasteiger partial charge < -0.3 is 25.7 Å². The third-order valence-corrected chi connectivity index (χ3v) is 6.69. The molecule has 0 bridgehead atoms. The highest BCUT2D eigenvalue weighted by atomic mass is 35.5. The average molecular weight is 547 g/mol. The predicted octanol–water partition coefficient (Wildman–Crippen LogP) is 5.45. The maximum absolute atomic E-state index is 13.7. The quantitative estimate of drug-likeness (QED) is 0.198. The van der Waals surface area contributed by atoms with Gasteiger partial charge in [0, 0.05) is 29.2 Å². The van der Waals surface area contributed by atoms with Crippen molar-refractivity contribution in [3.63, 3.8) is 0 Å². The van der Waals surface area contributed by atoms with Gasteiger partial charge in [-0.15, -0.1) is 11.6 Å². The summed E-state index contributed by atoms with van der Waals surface area (Å²) in [5.41, 5.74) is 2.67. The highest BCUT2D eigenvalue weighted by molar-refractivity contribution is 6.29. The van der Waals surface area contributed by atoms with Gasteiger partial charge in [-0.2, -0.15) is 0 Å². The SMILES string of the molecule is C[C@H](NC(=O)[C@@](C)(Cc1c[nH]c2ccccc12)NC(=O)OCc1cccc(NC(=O)CCl)c1)c1ccccc1. The van der Waals surface area contributed by atoms with Crippen molar-refractivity contribution in [2.45, 2.75) is 38.5 Å². The number of alkyl halides is 1. The van der Waals surface area contributed by atoms with E-state index in [0.29, 0.717) is 11.3 Å². The van der Waals surface area contributed by atoms with Crippen LogP contribution < -0.4 is 16.0 Å². The summed E-state index contributed by atoms with van der Waals surface area (Å²) in [5, 5.41) is 9.47. The minimum absolute atomic E-state index is 0.0539. The van der Waals surface area contributed by atoms with Crippen LogP contribution in [-0.4, -0.2) is 34.3 Å². The number of benzene rings is 3. The van der Waals surface area contributed by atoms with E-state index in [1.54, 1.807) is 31.2 Å². The van der Waals surface area contributed by atoms with Crippen molar-refractivity contribution < 1.29 is 19.1 Å². The first-order valence-corrected chi connectivity index (χ1v) is 13.1. The van der Waals surface area contributed by atoms with Crippen LogP contribution >= 0.6 is 11.6 Å². The molecule has 0 aliphatic carbocycles. The maximum atomic E-state index is 13.7. The normalized spacial score (nSPS) is 13.2. The molecule has 3 amide bonds. The Morgan fingerprint density at radius 2 is 1.74 bits per heavy atom. The molecule has 0 aliphatic rings. The number of aromatic amines is 1. The Bertz CT molecular complexity index is 1460. The zero-order valence-corrected chi connectivity index (χ0v) is 22.5. The number of hydrogen-bond donors (Lipinski definition) is 4. The molecule has 9 heteroatoms. The fourth-order valence-corrected chi connectivity index (χ4v) is 4.43. The van der Waals surface area contributed by atoms with Crippen molar-refractivity contribution in [1.29, 1.82) is 0 Å². The van der Waals surface area contributed by atoms with Gasteiger partial charge in [-0.3, -0.25) is 9.59 Å². The Morgan fingerprint density at radius 1 is 1.00 bits per heavy atom. The fourth-order valence-electron chi connectivity index (χ4n) is 4.36. The summed E-state index contributed by atoms with van der Waals surface area (Å²) in [6.07, 6.45) is 1.35. The van der Waals surface area contributed by atoms with Crippen molar-refractivity contribution in [2.24, 2.45) is 0 Å². The lowest BCUT2D eigenvalue weighted by molar-refractivity contribution is -0.127. The van der Waals surface area contributed by atoms with Crippen LogP contribution in [0.2, 0.25) is 0 Å². The second-order valence-electron chi connectivity index (χ2n) is 9.56. The maximum Gasteiger partial charge on any atom is 0.408 e. The molecule has 0 fully saturated rings. The summed E-state index contributed by atoms with van der Waals surface area (Å²) in [6.45, 7) is 3.53.